The third-order valence-electron chi connectivity index (χ3n) is 7.01. The smallest absolute Gasteiger partial charge is 0.227 e. The summed E-state index contributed by atoms with van der Waals surface area (Å²) >= 11 is 0. The first kappa shape index (κ1) is 22.6. The van der Waals surface area contributed by atoms with E-state index in [-0.39, 0.29) is 47.4 Å². The summed E-state index contributed by atoms with van der Waals surface area (Å²) in [6, 6.07) is -0.0644. The van der Waals surface area contributed by atoms with Crippen molar-refractivity contribution < 1.29 is 19.2 Å². The molecule has 168 valence electrons. The van der Waals surface area contributed by atoms with Crippen LogP contribution in [0.2, 0.25) is 0 Å². The zero-order valence-electron chi connectivity index (χ0n) is 18.1. The van der Waals surface area contributed by atoms with Gasteiger partial charge in [-0.1, -0.05) is 6.42 Å². The molecule has 0 spiro atoms. The van der Waals surface area contributed by atoms with E-state index in [1.54, 1.807) is 4.90 Å². The summed E-state index contributed by atoms with van der Waals surface area (Å²) in [5.41, 5.74) is 5.45. The summed E-state index contributed by atoms with van der Waals surface area (Å²) in [6.07, 6.45) is 6.71. The molecular formula is C22H36N4O4. The van der Waals surface area contributed by atoms with Gasteiger partial charge in [0.05, 0.1) is 5.92 Å². The summed E-state index contributed by atoms with van der Waals surface area (Å²) in [6.45, 7) is 4.30. The summed E-state index contributed by atoms with van der Waals surface area (Å²) in [4.78, 5) is 53.1. The van der Waals surface area contributed by atoms with Gasteiger partial charge in [0.25, 0.3) is 0 Å². The van der Waals surface area contributed by atoms with Gasteiger partial charge >= 0.3 is 0 Å². The lowest BCUT2D eigenvalue weighted by atomic mass is 9.80. The Morgan fingerprint density at radius 3 is 2.50 bits per heavy atom. The fourth-order valence-corrected chi connectivity index (χ4v) is 5.15. The van der Waals surface area contributed by atoms with Gasteiger partial charge < -0.3 is 20.9 Å². The van der Waals surface area contributed by atoms with E-state index in [2.05, 4.69) is 5.32 Å². The molecule has 8 nitrogen and oxygen atoms in total. The maximum Gasteiger partial charge on any atom is 0.227 e. The van der Waals surface area contributed by atoms with Crippen molar-refractivity contribution in [1.82, 2.24) is 15.1 Å². The fraction of sp³-hybridized carbons (Fsp3) is 0.818. The van der Waals surface area contributed by atoms with Gasteiger partial charge in [0.15, 0.2) is 0 Å². The number of hydrogen-bond acceptors (Lipinski definition) is 4. The van der Waals surface area contributed by atoms with Crippen molar-refractivity contribution in [1.29, 1.82) is 0 Å². The second kappa shape index (κ2) is 10.3. The predicted octanol–water partition coefficient (Wildman–Crippen LogP) is 1.03. The number of rotatable bonds is 5. The molecule has 3 fully saturated rings. The minimum atomic E-state index is -0.314. The molecule has 0 aromatic rings. The molecule has 0 aromatic carbocycles. The summed E-state index contributed by atoms with van der Waals surface area (Å²) in [7, 11) is 0. The highest BCUT2D eigenvalue weighted by molar-refractivity contribution is 5.84. The maximum atomic E-state index is 13.1. The van der Waals surface area contributed by atoms with Crippen molar-refractivity contribution >= 4 is 23.6 Å². The average molecular weight is 421 g/mol. The quantitative estimate of drug-likeness (QED) is 0.692. The number of amides is 4. The molecule has 4 atom stereocenters. The molecule has 1 saturated carbocycles. The largest absolute Gasteiger partial charge is 0.369 e. The molecule has 2 saturated heterocycles. The van der Waals surface area contributed by atoms with Crippen LogP contribution in [0.1, 0.15) is 64.7 Å². The third kappa shape index (κ3) is 5.52. The second-order valence-corrected chi connectivity index (χ2v) is 9.12. The highest BCUT2D eigenvalue weighted by atomic mass is 16.2. The Morgan fingerprint density at radius 1 is 1.00 bits per heavy atom. The van der Waals surface area contributed by atoms with Crippen LogP contribution in [-0.2, 0) is 19.2 Å². The van der Waals surface area contributed by atoms with Crippen LogP contribution < -0.4 is 11.1 Å². The molecule has 2 heterocycles. The van der Waals surface area contributed by atoms with Crippen molar-refractivity contribution in [3.63, 3.8) is 0 Å². The van der Waals surface area contributed by atoms with Gasteiger partial charge in [-0.05, 0) is 51.9 Å². The van der Waals surface area contributed by atoms with E-state index in [0.717, 1.165) is 38.5 Å². The van der Waals surface area contributed by atoms with Crippen LogP contribution in [0.3, 0.4) is 0 Å². The van der Waals surface area contributed by atoms with Crippen LogP contribution in [0.15, 0.2) is 0 Å². The molecular weight excluding hydrogens is 384 g/mol. The molecule has 3 rings (SSSR count). The molecule has 30 heavy (non-hydrogen) atoms. The zero-order valence-corrected chi connectivity index (χ0v) is 18.1. The van der Waals surface area contributed by atoms with Crippen molar-refractivity contribution in [3.8, 4) is 0 Å². The minimum absolute atomic E-state index is 0.0133. The number of nitrogens with two attached hydrogens (primary N) is 1. The van der Waals surface area contributed by atoms with Gasteiger partial charge in [-0.3, -0.25) is 19.2 Å². The van der Waals surface area contributed by atoms with E-state index < -0.39 is 0 Å². The number of carbonyl (C=O) groups is 4. The monoisotopic (exact) mass is 420 g/mol. The SMILES string of the molecule is CCN1CC(C(=O)N2CCCCC(NC(=O)C3CCCC(C(N)=O)C3)C2)CCC1=O. The second-order valence-electron chi connectivity index (χ2n) is 9.12. The van der Waals surface area contributed by atoms with Crippen LogP contribution in [0, 0.1) is 17.8 Å². The predicted molar refractivity (Wildman–Crippen MR) is 112 cm³/mol. The summed E-state index contributed by atoms with van der Waals surface area (Å²) in [5.74, 6) is -0.625. The first-order valence-corrected chi connectivity index (χ1v) is 11.5. The number of nitrogens with zero attached hydrogens (tertiary/aromatic N) is 2. The lowest BCUT2D eigenvalue weighted by Gasteiger charge is -2.35. The van der Waals surface area contributed by atoms with E-state index >= 15 is 0 Å². The van der Waals surface area contributed by atoms with Gasteiger partial charge in [-0.15, -0.1) is 0 Å². The molecule has 4 amide bonds. The van der Waals surface area contributed by atoms with Crippen LogP contribution in [0.25, 0.3) is 0 Å². The van der Waals surface area contributed by atoms with Gasteiger partial charge in [0, 0.05) is 50.5 Å². The number of piperidine rings is 1. The van der Waals surface area contributed by atoms with E-state index in [4.69, 9.17) is 5.73 Å². The topological polar surface area (TPSA) is 113 Å². The standard InChI is InChI=1S/C22H36N4O4/c1-2-25-13-17(9-10-19(25)27)22(30)26-11-4-3-8-18(14-26)24-21(29)16-7-5-6-15(12-16)20(23)28/h15-18H,2-14H2,1H3,(H2,23,28)(H,24,29). The molecule has 8 heteroatoms. The van der Waals surface area contributed by atoms with Gasteiger partial charge in [-0.25, -0.2) is 0 Å². The van der Waals surface area contributed by atoms with Crippen molar-refractivity contribution in [2.45, 2.75) is 70.8 Å². The molecule has 4 unspecified atom stereocenters. The molecule has 0 bridgehead atoms. The van der Waals surface area contributed by atoms with E-state index in [1.165, 1.54) is 0 Å². The third-order valence-corrected chi connectivity index (χ3v) is 7.01. The van der Waals surface area contributed by atoms with E-state index in [9.17, 15) is 19.2 Å². The fourth-order valence-electron chi connectivity index (χ4n) is 5.15. The lowest BCUT2D eigenvalue weighted by Crippen LogP contribution is -2.51. The first-order valence-electron chi connectivity index (χ1n) is 11.5. The summed E-state index contributed by atoms with van der Waals surface area (Å²) < 4.78 is 0. The Labute approximate surface area is 178 Å². The highest BCUT2D eigenvalue weighted by Gasteiger charge is 2.35. The number of likely N-dealkylation sites (tertiary alicyclic amines) is 2. The van der Waals surface area contributed by atoms with Crippen molar-refractivity contribution in [2.24, 2.45) is 23.5 Å². The van der Waals surface area contributed by atoms with Crippen LogP contribution in [0.5, 0.6) is 0 Å². The molecule has 2 aliphatic heterocycles. The Balaban J connectivity index is 1.56. The number of hydrogen-bond donors (Lipinski definition) is 2. The van der Waals surface area contributed by atoms with Crippen molar-refractivity contribution in [3.05, 3.63) is 0 Å². The van der Waals surface area contributed by atoms with Gasteiger partial charge in [0.2, 0.25) is 23.6 Å². The molecule has 0 aromatic heterocycles. The Kier molecular flexibility index (Phi) is 7.72. The Morgan fingerprint density at radius 2 is 1.77 bits per heavy atom. The molecule has 3 aliphatic rings. The number of primary amides is 1. The van der Waals surface area contributed by atoms with E-state index in [0.29, 0.717) is 45.4 Å². The first-order chi connectivity index (χ1) is 14.4. The van der Waals surface area contributed by atoms with Crippen LogP contribution in [-0.4, -0.2) is 65.6 Å². The number of nitrogens with one attached hydrogen (secondary N) is 1. The normalized spacial score (nSPS) is 30.5. The molecule has 0 radical (unpaired) electrons. The van der Waals surface area contributed by atoms with Crippen LogP contribution in [0.4, 0.5) is 0 Å². The molecule has 1 aliphatic carbocycles. The number of carbonyl (C=O) groups excluding carboxylic acids is 4. The minimum Gasteiger partial charge on any atom is -0.369 e. The summed E-state index contributed by atoms with van der Waals surface area (Å²) in [5, 5.41) is 3.15. The zero-order chi connectivity index (χ0) is 21.7. The maximum absolute atomic E-state index is 13.1. The van der Waals surface area contributed by atoms with Crippen LogP contribution >= 0.6 is 0 Å². The van der Waals surface area contributed by atoms with E-state index in [1.807, 2.05) is 11.8 Å². The Bertz CT molecular complexity index is 668. The molecule has 3 N–H and O–H groups in total. The Hall–Kier alpha value is -2.12. The van der Waals surface area contributed by atoms with Gasteiger partial charge in [0.1, 0.15) is 0 Å². The van der Waals surface area contributed by atoms with Crippen molar-refractivity contribution in [2.75, 3.05) is 26.2 Å². The average Bonchev–Trinajstić information content (AvgIpc) is 2.99. The highest BCUT2D eigenvalue weighted by Crippen LogP contribution is 2.29. The van der Waals surface area contributed by atoms with Gasteiger partial charge in [-0.2, -0.15) is 0 Å². The lowest BCUT2D eigenvalue weighted by molar-refractivity contribution is -0.143.